The van der Waals surface area contributed by atoms with Gasteiger partial charge < -0.3 is 15.2 Å². The van der Waals surface area contributed by atoms with Crippen LogP contribution in [-0.2, 0) is 9.53 Å². The van der Waals surface area contributed by atoms with Crippen molar-refractivity contribution in [2.45, 2.75) is 12.5 Å². The van der Waals surface area contributed by atoms with Crippen LogP contribution < -0.4 is 10.5 Å². The van der Waals surface area contributed by atoms with Crippen LogP contribution in [0, 0.1) is 0 Å². The summed E-state index contributed by atoms with van der Waals surface area (Å²) in [5.41, 5.74) is 5.56. The topological polar surface area (TPSA) is 61.6 Å². The summed E-state index contributed by atoms with van der Waals surface area (Å²) in [5.74, 6) is 0.912. The molecule has 0 fully saturated rings. The molecule has 0 aromatic heterocycles. The molecule has 0 saturated carbocycles. The lowest BCUT2D eigenvalue weighted by atomic mass is 10.2. The summed E-state index contributed by atoms with van der Waals surface area (Å²) in [7, 11) is 0. The molecule has 0 saturated heterocycles. The molecule has 1 rings (SSSR count). The van der Waals surface area contributed by atoms with E-state index < -0.39 is 12.0 Å². The molecule has 0 bridgehead atoms. The second-order valence-electron chi connectivity index (χ2n) is 3.45. The normalized spacial score (nSPS) is 11.9. The van der Waals surface area contributed by atoms with Gasteiger partial charge in [0.1, 0.15) is 25.0 Å². The highest BCUT2D eigenvalue weighted by molar-refractivity contribution is 7.80. The van der Waals surface area contributed by atoms with E-state index in [0.717, 1.165) is 5.75 Å². The van der Waals surface area contributed by atoms with Gasteiger partial charge in [-0.25, -0.2) is 0 Å². The van der Waals surface area contributed by atoms with Crippen molar-refractivity contribution < 1.29 is 14.3 Å². The lowest BCUT2D eigenvalue weighted by Gasteiger charge is -2.10. The van der Waals surface area contributed by atoms with Crippen LogP contribution in [0.1, 0.15) is 6.42 Å². The van der Waals surface area contributed by atoms with Crippen molar-refractivity contribution in [2.24, 2.45) is 5.73 Å². The first-order valence-corrected chi connectivity index (χ1v) is 6.08. The summed E-state index contributed by atoms with van der Waals surface area (Å²) in [6.45, 7) is 0.525. The fourth-order valence-electron chi connectivity index (χ4n) is 1.18. The number of para-hydroxylation sites is 1. The summed E-state index contributed by atoms with van der Waals surface area (Å²) in [5, 5.41) is 0. The predicted molar refractivity (Wildman–Crippen MR) is 69.3 cm³/mol. The number of carbonyl (C=O) groups is 1. The van der Waals surface area contributed by atoms with Gasteiger partial charge in [-0.2, -0.15) is 12.6 Å². The number of ether oxygens (including phenoxy) is 2. The maximum Gasteiger partial charge on any atom is 0.323 e. The summed E-state index contributed by atoms with van der Waals surface area (Å²) in [6, 6.07) is 8.75. The smallest absolute Gasteiger partial charge is 0.323 e. The molecule has 0 heterocycles. The number of benzene rings is 1. The van der Waals surface area contributed by atoms with Crippen LogP contribution in [0.25, 0.3) is 0 Å². The van der Waals surface area contributed by atoms with Gasteiger partial charge in [-0.05, 0) is 24.3 Å². The summed E-state index contributed by atoms with van der Waals surface area (Å²) in [6.07, 6.45) is 0.515. The van der Waals surface area contributed by atoms with Gasteiger partial charge >= 0.3 is 5.97 Å². The van der Waals surface area contributed by atoms with Gasteiger partial charge in [0.15, 0.2) is 0 Å². The van der Waals surface area contributed by atoms with Gasteiger partial charge in [0, 0.05) is 0 Å². The van der Waals surface area contributed by atoms with Crippen molar-refractivity contribution in [2.75, 3.05) is 19.0 Å². The van der Waals surface area contributed by atoms with Crippen LogP contribution >= 0.6 is 12.6 Å². The monoisotopic (exact) mass is 255 g/mol. The maximum absolute atomic E-state index is 11.3. The average Bonchev–Trinajstić information content (AvgIpc) is 2.36. The SMILES string of the molecule is NC(CCS)C(=O)OCCOc1ccccc1. The molecule has 2 N–H and O–H groups in total. The van der Waals surface area contributed by atoms with E-state index in [-0.39, 0.29) is 6.61 Å². The van der Waals surface area contributed by atoms with Gasteiger partial charge in [0.2, 0.25) is 0 Å². The predicted octanol–water partition coefficient (Wildman–Crippen LogP) is 1.26. The molecule has 1 unspecified atom stereocenters. The first-order chi connectivity index (χ1) is 8.24. The van der Waals surface area contributed by atoms with E-state index in [1.165, 1.54) is 0 Å². The molecule has 1 aromatic carbocycles. The number of rotatable bonds is 7. The van der Waals surface area contributed by atoms with E-state index in [2.05, 4.69) is 12.6 Å². The zero-order valence-electron chi connectivity index (χ0n) is 9.54. The van der Waals surface area contributed by atoms with Crippen molar-refractivity contribution >= 4 is 18.6 Å². The largest absolute Gasteiger partial charge is 0.490 e. The van der Waals surface area contributed by atoms with Crippen molar-refractivity contribution in [3.05, 3.63) is 30.3 Å². The number of nitrogens with two attached hydrogens (primary N) is 1. The fraction of sp³-hybridized carbons (Fsp3) is 0.417. The molecule has 1 aromatic rings. The molecule has 0 aliphatic carbocycles. The zero-order valence-corrected chi connectivity index (χ0v) is 10.4. The van der Waals surface area contributed by atoms with E-state index in [1.54, 1.807) is 0 Å². The highest BCUT2D eigenvalue weighted by Crippen LogP contribution is 2.07. The summed E-state index contributed by atoms with van der Waals surface area (Å²) >= 11 is 4.00. The third-order valence-corrected chi connectivity index (χ3v) is 2.34. The third-order valence-electron chi connectivity index (χ3n) is 2.08. The number of hydrogen-bond donors (Lipinski definition) is 2. The number of hydrogen-bond acceptors (Lipinski definition) is 5. The Morgan fingerprint density at radius 1 is 1.29 bits per heavy atom. The number of thiol groups is 1. The maximum atomic E-state index is 11.3. The Bertz CT molecular complexity index is 332. The molecule has 0 aliphatic heterocycles. The fourth-order valence-corrected chi connectivity index (χ4v) is 1.46. The molecule has 1 atom stereocenters. The van der Waals surface area contributed by atoms with Crippen LogP contribution in [0.4, 0.5) is 0 Å². The second-order valence-corrected chi connectivity index (χ2v) is 3.90. The molecular formula is C12H17NO3S. The van der Waals surface area contributed by atoms with Crippen LogP contribution in [-0.4, -0.2) is 31.0 Å². The van der Waals surface area contributed by atoms with Gasteiger partial charge in [0.25, 0.3) is 0 Å². The summed E-state index contributed by atoms with van der Waals surface area (Å²) in [4.78, 5) is 11.3. The molecule has 4 nitrogen and oxygen atoms in total. The van der Waals surface area contributed by atoms with Crippen molar-refractivity contribution in [1.82, 2.24) is 0 Å². The van der Waals surface area contributed by atoms with E-state index in [9.17, 15) is 4.79 Å². The van der Waals surface area contributed by atoms with E-state index in [1.807, 2.05) is 30.3 Å². The van der Waals surface area contributed by atoms with Gasteiger partial charge in [-0.3, -0.25) is 4.79 Å². The Kier molecular flexibility index (Phi) is 6.50. The first kappa shape index (κ1) is 13.9. The average molecular weight is 255 g/mol. The van der Waals surface area contributed by atoms with E-state index >= 15 is 0 Å². The molecule has 0 radical (unpaired) electrons. The Labute approximate surface area is 107 Å². The standard InChI is InChI=1S/C12H17NO3S/c13-11(6-9-17)12(14)16-8-7-15-10-4-2-1-3-5-10/h1-5,11,17H,6-9,13H2. The number of carbonyl (C=O) groups excluding carboxylic acids is 1. The first-order valence-electron chi connectivity index (χ1n) is 5.45. The Hall–Kier alpha value is -1.20. The van der Waals surface area contributed by atoms with Crippen LogP contribution in [0.15, 0.2) is 30.3 Å². The van der Waals surface area contributed by atoms with Crippen LogP contribution in [0.2, 0.25) is 0 Å². The Morgan fingerprint density at radius 2 is 2.00 bits per heavy atom. The van der Waals surface area contributed by atoms with Gasteiger partial charge in [-0.1, -0.05) is 18.2 Å². The summed E-state index contributed by atoms with van der Waals surface area (Å²) < 4.78 is 10.3. The van der Waals surface area contributed by atoms with Gasteiger partial charge in [-0.15, -0.1) is 0 Å². The molecule has 0 amide bonds. The van der Waals surface area contributed by atoms with E-state index in [4.69, 9.17) is 15.2 Å². The lowest BCUT2D eigenvalue weighted by Crippen LogP contribution is -2.33. The second kappa shape index (κ2) is 7.97. The van der Waals surface area contributed by atoms with Crippen molar-refractivity contribution in [3.63, 3.8) is 0 Å². The minimum Gasteiger partial charge on any atom is -0.490 e. The molecule has 5 heteroatoms. The molecule has 94 valence electrons. The highest BCUT2D eigenvalue weighted by Gasteiger charge is 2.13. The minimum absolute atomic E-state index is 0.202. The Morgan fingerprint density at radius 3 is 2.65 bits per heavy atom. The molecule has 0 spiro atoms. The number of esters is 1. The van der Waals surface area contributed by atoms with Crippen LogP contribution in [0.5, 0.6) is 5.75 Å². The minimum atomic E-state index is -0.593. The Balaban J connectivity index is 2.14. The van der Waals surface area contributed by atoms with Crippen LogP contribution in [0.3, 0.4) is 0 Å². The van der Waals surface area contributed by atoms with Crippen molar-refractivity contribution in [3.8, 4) is 5.75 Å². The lowest BCUT2D eigenvalue weighted by molar-refractivity contribution is -0.145. The highest BCUT2D eigenvalue weighted by atomic mass is 32.1. The van der Waals surface area contributed by atoms with E-state index in [0.29, 0.717) is 18.8 Å². The van der Waals surface area contributed by atoms with Crippen molar-refractivity contribution in [1.29, 1.82) is 0 Å². The van der Waals surface area contributed by atoms with Gasteiger partial charge in [0.05, 0.1) is 0 Å². The third kappa shape index (κ3) is 5.60. The molecule has 17 heavy (non-hydrogen) atoms. The molecule has 0 aliphatic rings. The quantitative estimate of drug-likeness (QED) is 0.437. The molecular weight excluding hydrogens is 238 g/mol. The zero-order chi connectivity index (χ0) is 12.5.